The zero-order chi connectivity index (χ0) is 24.5. The standard InChI is InChI=1S/C26H24N2O5S2/c1-2-7-20(29)27-18-10-5-3-8-16(18)24-25(27)17-9-4-6-11-19(17)35-26(24)34-15-14-23(32)33-28-21(30)12-13-22(28)31/h3-6,8-11,26H,2,7,12-15H2,1H3. The van der Waals surface area contributed by atoms with Crippen molar-refractivity contribution in [1.29, 1.82) is 0 Å². The van der Waals surface area contributed by atoms with Crippen LogP contribution in [0.1, 0.15) is 54.0 Å². The van der Waals surface area contributed by atoms with Gasteiger partial charge in [0.1, 0.15) is 0 Å². The zero-order valence-electron chi connectivity index (χ0n) is 19.2. The summed E-state index contributed by atoms with van der Waals surface area (Å²) in [5.41, 5.74) is 3.93. The summed E-state index contributed by atoms with van der Waals surface area (Å²) in [6.45, 7) is 2.00. The minimum Gasteiger partial charge on any atom is -0.330 e. The Kier molecular flexibility index (Phi) is 6.71. The summed E-state index contributed by atoms with van der Waals surface area (Å²) in [6, 6.07) is 16.0. The highest BCUT2D eigenvalue weighted by Crippen LogP contribution is 2.56. The van der Waals surface area contributed by atoms with Crippen molar-refractivity contribution in [3.63, 3.8) is 0 Å². The van der Waals surface area contributed by atoms with E-state index >= 15 is 0 Å². The normalized spacial score (nSPS) is 16.9. The van der Waals surface area contributed by atoms with Gasteiger partial charge in [-0.05, 0) is 18.6 Å². The monoisotopic (exact) mass is 508 g/mol. The van der Waals surface area contributed by atoms with Gasteiger partial charge in [0.2, 0.25) is 5.91 Å². The predicted octanol–water partition coefficient (Wildman–Crippen LogP) is 5.58. The Morgan fingerprint density at radius 3 is 2.51 bits per heavy atom. The van der Waals surface area contributed by atoms with Crippen molar-refractivity contribution in [3.8, 4) is 11.3 Å². The average Bonchev–Trinajstić information content (AvgIpc) is 3.37. The number of para-hydroxylation sites is 1. The number of benzene rings is 2. The first-order valence-electron chi connectivity index (χ1n) is 11.6. The molecule has 2 aliphatic heterocycles. The number of fused-ring (bicyclic) bond motifs is 5. The van der Waals surface area contributed by atoms with E-state index < -0.39 is 17.8 Å². The fourth-order valence-corrected chi connectivity index (χ4v) is 7.28. The van der Waals surface area contributed by atoms with Crippen molar-refractivity contribution in [3.05, 3.63) is 54.1 Å². The van der Waals surface area contributed by atoms with Crippen LogP contribution in [0.25, 0.3) is 22.2 Å². The topological polar surface area (TPSA) is 85.7 Å². The number of thioether (sulfide) groups is 2. The molecule has 1 saturated heterocycles. The molecule has 0 saturated carbocycles. The molecule has 1 aromatic heterocycles. The summed E-state index contributed by atoms with van der Waals surface area (Å²) in [5.74, 6) is -1.06. The summed E-state index contributed by atoms with van der Waals surface area (Å²) in [4.78, 5) is 55.1. The number of hydroxylamine groups is 2. The van der Waals surface area contributed by atoms with Crippen molar-refractivity contribution in [2.45, 2.75) is 48.5 Å². The Morgan fingerprint density at radius 1 is 1.03 bits per heavy atom. The van der Waals surface area contributed by atoms with Gasteiger partial charge in [-0.25, -0.2) is 4.79 Å². The van der Waals surface area contributed by atoms with Gasteiger partial charge in [-0.1, -0.05) is 43.3 Å². The number of hydrogen-bond acceptors (Lipinski definition) is 7. The molecular formula is C26H24N2O5S2. The molecule has 0 aliphatic carbocycles. The second kappa shape index (κ2) is 9.91. The van der Waals surface area contributed by atoms with Crippen molar-refractivity contribution in [2.75, 3.05) is 5.75 Å². The average molecular weight is 509 g/mol. The lowest BCUT2D eigenvalue weighted by Gasteiger charge is -2.26. The molecule has 0 N–H and O–H groups in total. The van der Waals surface area contributed by atoms with Crippen LogP contribution >= 0.6 is 23.5 Å². The lowest BCUT2D eigenvalue weighted by Crippen LogP contribution is -2.32. The third-order valence-electron chi connectivity index (χ3n) is 6.01. The minimum absolute atomic E-state index is 0.0386. The third-order valence-corrected chi connectivity index (χ3v) is 8.75. The summed E-state index contributed by atoms with van der Waals surface area (Å²) in [7, 11) is 0. The van der Waals surface area contributed by atoms with Crippen LogP contribution in [0.5, 0.6) is 0 Å². The first-order valence-corrected chi connectivity index (χ1v) is 13.5. The molecule has 180 valence electrons. The molecular weight excluding hydrogens is 484 g/mol. The van der Waals surface area contributed by atoms with Crippen LogP contribution in [0.4, 0.5) is 0 Å². The Hall–Kier alpha value is -3.04. The summed E-state index contributed by atoms with van der Waals surface area (Å²) >= 11 is 3.30. The van der Waals surface area contributed by atoms with Gasteiger partial charge in [-0.2, -0.15) is 0 Å². The predicted molar refractivity (Wildman–Crippen MR) is 136 cm³/mol. The molecule has 1 unspecified atom stereocenters. The van der Waals surface area contributed by atoms with Crippen LogP contribution in [0, 0.1) is 0 Å². The second-order valence-corrected chi connectivity index (χ2v) is 11.0. The van der Waals surface area contributed by atoms with Crippen molar-refractivity contribution in [1.82, 2.24) is 9.63 Å². The first-order chi connectivity index (χ1) is 17.0. The minimum atomic E-state index is -0.608. The van der Waals surface area contributed by atoms with E-state index in [0.717, 1.165) is 39.0 Å². The van der Waals surface area contributed by atoms with Crippen molar-refractivity contribution >= 4 is 58.1 Å². The van der Waals surface area contributed by atoms with Gasteiger partial charge in [-0.15, -0.1) is 28.6 Å². The van der Waals surface area contributed by atoms with Crippen LogP contribution in [-0.2, 0) is 19.2 Å². The lowest BCUT2D eigenvalue weighted by atomic mass is 10.1. The summed E-state index contributed by atoms with van der Waals surface area (Å²) in [6.07, 6.45) is 1.42. The van der Waals surface area contributed by atoms with E-state index in [4.69, 9.17) is 4.84 Å². The molecule has 1 atom stereocenters. The van der Waals surface area contributed by atoms with Crippen LogP contribution in [0.2, 0.25) is 0 Å². The molecule has 2 aliphatic rings. The van der Waals surface area contributed by atoms with Crippen LogP contribution in [-0.4, -0.2) is 39.1 Å². The third kappa shape index (κ3) is 4.38. The first kappa shape index (κ1) is 23.7. The quantitative estimate of drug-likeness (QED) is 0.385. The van der Waals surface area contributed by atoms with E-state index in [1.54, 1.807) is 23.5 Å². The fraction of sp³-hybridized carbons (Fsp3) is 0.308. The number of hydrogen-bond donors (Lipinski definition) is 0. The fourth-order valence-electron chi connectivity index (χ4n) is 4.46. The molecule has 7 nitrogen and oxygen atoms in total. The molecule has 3 aromatic rings. The number of carbonyl (C=O) groups excluding carboxylic acids is 4. The summed E-state index contributed by atoms with van der Waals surface area (Å²) in [5, 5.41) is 1.62. The maximum absolute atomic E-state index is 13.3. The Bertz CT molecular complexity index is 1330. The second-order valence-electron chi connectivity index (χ2n) is 8.37. The molecule has 0 radical (unpaired) electrons. The van der Waals surface area contributed by atoms with E-state index in [1.807, 2.05) is 47.9 Å². The smallest absolute Gasteiger partial charge is 0.330 e. The van der Waals surface area contributed by atoms with Crippen LogP contribution in [0.15, 0.2) is 53.4 Å². The number of rotatable bonds is 7. The molecule has 2 aromatic carbocycles. The van der Waals surface area contributed by atoms with Gasteiger partial charge < -0.3 is 4.84 Å². The van der Waals surface area contributed by atoms with E-state index in [2.05, 4.69) is 12.1 Å². The van der Waals surface area contributed by atoms with Crippen molar-refractivity contribution in [2.24, 2.45) is 0 Å². The van der Waals surface area contributed by atoms with Crippen LogP contribution in [0.3, 0.4) is 0 Å². The molecule has 3 heterocycles. The maximum atomic E-state index is 13.3. The number of aromatic nitrogens is 1. The van der Waals surface area contributed by atoms with E-state index in [9.17, 15) is 19.2 Å². The van der Waals surface area contributed by atoms with Gasteiger partial charge in [0.15, 0.2) is 0 Å². The van der Waals surface area contributed by atoms with Gasteiger partial charge in [0.05, 0.1) is 22.2 Å². The largest absolute Gasteiger partial charge is 0.334 e. The molecule has 35 heavy (non-hydrogen) atoms. The van der Waals surface area contributed by atoms with Gasteiger partial charge >= 0.3 is 5.97 Å². The number of nitrogens with zero attached hydrogens (tertiary/aromatic N) is 2. The van der Waals surface area contributed by atoms with Gasteiger partial charge in [-0.3, -0.25) is 19.0 Å². The highest BCUT2D eigenvalue weighted by atomic mass is 32.2. The maximum Gasteiger partial charge on any atom is 0.334 e. The molecule has 1 fully saturated rings. The number of amides is 2. The highest BCUT2D eigenvalue weighted by molar-refractivity contribution is 8.16. The molecule has 9 heteroatoms. The van der Waals surface area contributed by atoms with Gasteiger partial charge in [0, 0.05) is 46.4 Å². The Labute approximate surface area is 211 Å². The van der Waals surface area contributed by atoms with E-state index in [-0.39, 0.29) is 29.8 Å². The molecule has 0 bridgehead atoms. The molecule has 0 spiro atoms. The van der Waals surface area contributed by atoms with E-state index in [0.29, 0.717) is 17.2 Å². The molecule has 5 rings (SSSR count). The Balaban J connectivity index is 1.44. The van der Waals surface area contributed by atoms with Crippen molar-refractivity contribution < 1.29 is 24.0 Å². The zero-order valence-corrected chi connectivity index (χ0v) is 20.8. The highest BCUT2D eigenvalue weighted by Gasteiger charge is 2.35. The lowest BCUT2D eigenvalue weighted by molar-refractivity contribution is -0.197. The number of carbonyl (C=O) groups is 4. The SMILES string of the molecule is CCCC(=O)n1c2c(c3ccccc31)C(SCCC(=O)ON1C(=O)CCC1=O)Sc1ccccc1-2. The number of imide groups is 1. The van der Waals surface area contributed by atoms with Gasteiger partial charge in [0.25, 0.3) is 11.8 Å². The Morgan fingerprint density at radius 2 is 1.74 bits per heavy atom. The summed E-state index contributed by atoms with van der Waals surface area (Å²) < 4.78 is 1.82. The van der Waals surface area contributed by atoms with E-state index in [1.165, 1.54) is 0 Å². The molecule has 2 amide bonds. The van der Waals surface area contributed by atoms with Crippen LogP contribution < -0.4 is 0 Å².